The third-order valence-electron chi connectivity index (χ3n) is 3.91. The van der Waals surface area contributed by atoms with Crippen LogP contribution in [0.4, 0.5) is 0 Å². The van der Waals surface area contributed by atoms with E-state index in [4.69, 9.17) is 4.74 Å². The van der Waals surface area contributed by atoms with Crippen molar-refractivity contribution in [2.24, 2.45) is 11.3 Å². The highest BCUT2D eigenvalue weighted by atomic mass is 16.5. The number of carbonyl (C=O) groups is 1. The third kappa shape index (κ3) is 2.37. The van der Waals surface area contributed by atoms with E-state index in [0.717, 1.165) is 18.4 Å². The minimum absolute atomic E-state index is 0.0283. The first-order valence-electron chi connectivity index (χ1n) is 6.50. The van der Waals surface area contributed by atoms with Gasteiger partial charge in [0, 0.05) is 0 Å². The van der Waals surface area contributed by atoms with Gasteiger partial charge in [-0.3, -0.25) is 4.79 Å². The summed E-state index contributed by atoms with van der Waals surface area (Å²) in [6.45, 7) is 8.52. The van der Waals surface area contributed by atoms with Crippen molar-refractivity contribution < 1.29 is 9.53 Å². The van der Waals surface area contributed by atoms with E-state index in [2.05, 4.69) is 20.8 Å². The summed E-state index contributed by atoms with van der Waals surface area (Å²) >= 11 is 0. The highest BCUT2D eigenvalue weighted by molar-refractivity contribution is 5.95. The van der Waals surface area contributed by atoms with Crippen LogP contribution in [0.25, 0.3) is 0 Å². The number of carbonyl (C=O) groups excluding carboxylic acids is 1. The Morgan fingerprint density at radius 3 is 2.71 bits per heavy atom. The Kier molecular flexibility index (Phi) is 3.26. The molecule has 2 aliphatic rings. The molecule has 3 atom stereocenters. The molecule has 0 spiro atoms. The highest BCUT2D eigenvalue weighted by Crippen LogP contribution is 2.43. The van der Waals surface area contributed by atoms with Crippen LogP contribution in [0.5, 0.6) is 0 Å². The molecular formula is C15H22O2. The van der Waals surface area contributed by atoms with Crippen molar-refractivity contribution in [3.05, 3.63) is 23.8 Å². The maximum atomic E-state index is 12.1. The average Bonchev–Trinajstić information content (AvgIpc) is 2.54. The van der Waals surface area contributed by atoms with Crippen molar-refractivity contribution in [1.29, 1.82) is 0 Å². The normalized spacial score (nSPS) is 36.1. The summed E-state index contributed by atoms with van der Waals surface area (Å²) in [4.78, 5) is 12.1. The summed E-state index contributed by atoms with van der Waals surface area (Å²) in [5.74, 6) is 0.102. The second kappa shape index (κ2) is 4.41. The maximum absolute atomic E-state index is 12.1. The van der Waals surface area contributed by atoms with Gasteiger partial charge >= 0.3 is 0 Å². The van der Waals surface area contributed by atoms with E-state index in [9.17, 15) is 4.79 Å². The molecule has 0 aromatic carbocycles. The van der Waals surface area contributed by atoms with Gasteiger partial charge in [-0.25, -0.2) is 0 Å². The van der Waals surface area contributed by atoms with E-state index in [1.807, 2.05) is 19.1 Å². The lowest BCUT2D eigenvalue weighted by molar-refractivity contribution is -0.123. The zero-order valence-electron chi connectivity index (χ0n) is 11.2. The minimum Gasteiger partial charge on any atom is -0.373 e. The van der Waals surface area contributed by atoms with Crippen LogP contribution in [-0.2, 0) is 9.53 Å². The summed E-state index contributed by atoms with van der Waals surface area (Å²) in [6, 6.07) is 0. The first-order valence-corrected chi connectivity index (χ1v) is 6.50. The first-order chi connectivity index (χ1) is 7.94. The molecule has 0 aromatic heterocycles. The van der Waals surface area contributed by atoms with Gasteiger partial charge < -0.3 is 4.74 Å². The van der Waals surface area contributed by atoms with Crippen LogP contribution in [0.1, 0.15) is 40.5 Å². The Balaban J connectivity index is 2.18. The number of allylic oxidation sites excluding steroid dienone is 3. The molecular weight excluding hydrogens is 212 g/mol. The fourth-order valence-corrected chi connectivity index (χ4v) is 2.92. The lowest BCUT2D eigenvalue weighted by Gasteiger charge is -2.30. The second-order valence-corrected chi connectivity index (χ2v) is 5.96. The summed E-state index contributed by atoms with van der Waals surface area (Å²) in [6.07, 6.45) is 8.20. The van der Waals surface area contributed by atoms with Gasteiger partial charge in [-0.1, -0.05) is 32.9 Å². The van der Waals surface area contributed by atoms with Crippen molar-refractivity contribution in [1.82, 2.24) is 0 Å². The van der Waals surface area contributed by atoms with Crippen molar-refractivity contribution in [3.63, 3.8) is 0 Å². The lowest BCUT2D eigenvalue weighted by atomic mass is 9.75. The summed E-state index contributed by atoms with van der Waals surface area (Å²) in [7, 11) is 0. The summed E-state index contributed by atoms with van der Waals surface area (Å²) < 4.78 is 6.07. The molecule has 2 rings (SSSR count). The molecule has 0 radical (unpaired) electrons. The number of ether oxygens (including phenoxy) is 1. The zero-order chi connectivity index (χ0) is 12.6. The van der Waals surface area contributed by atoms with E-state index in [0.29, 0.717) is 6.10 Å². The quantitative estimate of drug-likeness (QED) is 0.733. The van der Waals surface area contributed by atoms with Gasteiger partial charge in [-0.2, -0.15) is 0 Å². The molecule has 0 aromatic rings. The van der Waals surface area contributed by atoms with Crippen LogP contribution in [0.15, 0.2) is 23.8 Å². The largest absolute Gasteiger partial charge is 0.373 e. The number of rotatable bonds is 2. The average molecular weight is 234 g/mol. The SMILES string of the molecule is CC[C@@H]1CC(C)(C)[C@H](C2C=CC(C)=CC2=O)O1. The standard InChI is InChI=1S/C15H22O2/c1-5-11-9-15(3,4)14(17-11)12-7-6-10(2)8-13(12)16/h6-8,11-12,14H,5,9H2,1-4H3/t11-,12?,14+/m1/s1. The van der Waals surface area contributed by atoms with Crippen molar-refractivity contribution in [2.75, 3.05) is 0 Å². The molecule has 1 saturated heterocycles. The van der Waals surface area contributed by atoms with Gasteiger partial charge in [0.2, 0.25) is 0 Å². The molecule has 0 N–H and O–H groups in total. The monoisotopic (exact) mass is 234 g/mol. The van der Waals surface area contributed by atoms with Gasteiger partial charge in [0.15, 0.2) is 5.78 Å². The fraction of sp³-hybridized carbons (Fsp3) is 0.667. The topological polar surface area (TPSA) is 26.3 Å². The van der Waals surface area contributed by atoms with Gasteiger partial charge in [0.25, 0.3) is 0 Å². The van der Waals surface area contributed by atoms with E-state index in [1.165, 1.54) is 0 Å². The van der Waals surface area contributed by atoms with Crippen LogP contribution in [0, 0.1) is 11.3 Å². The van der Waals surface area contributed by atoms with Crippen LogP contribution < -0.4 is 0 Å². The van der Waals surface area contributed by atoms with Crippen LogP contribution in [-0.4, -0.2) is 18.0 Å². The zero-order valence-corrected chi connectivity index (χ0v) is 11.2. The van der Waals surface area contributed by atoms with E-state index >= 15 is 0 Å². The molecule has 2 heteroatoms. The van der Waals surface area contributed by atoms with Gasteiger partial charge in [-0.15, -0.1) is 0 Å². The molecule has 94 valence electrons. The number of hydrogen-bond acceptors (Lipinski definition) is 2. The maximum Gasteiger partial charge on any atom is 0.165 e. The van der Waals surface area contributed by atoms with E-state index in [1.54, 1.807) is 6.08 Å². The molecule has 1 aliphatic heterocycles. The Morgan fingerprint density at radius 2 is 2.18 bits per heavy atom. The molecule has 1 fully saturated rings. The highest BCUT2D eigenvalue weighted by Gasteiger charge is 2.46. The smallest absolute Gasteiger partial charge is 0.165 e. The molecule has 0 amide bonds. The van der Waals surface area contributed by atoms with Gasteiger partial charge in [-0.05, 0) is 36.8 Å². The second-order valence-electron chi connectivity index (χ2n) is 5.96. The number of hydrogen-bond donors (Lipinski definition) is 0. The van der Waals surface area contributed by atoms with Crippen molar-refractivity contribution >= 4 is 5.78 Å². The predicted octanol–water partition coefficient (Wildman–Crippen LogP) is 3.28. The van der Waals surface area contributed by atoms with E-state index in [-0.39, 0.29) is 23.2 Å². The molecule has 1 heterocycles. The number of ketones is 1. The third-order valence-corrected chi connectivity index (χ3v) is 3.91. The summed E-state index contributed by atoms with van der Waals surface area (Å²) in [5, 5.41) is 0. The Hall–Kier alpha value is -0.890. The van der Waals surface area contributed by atoms with Crippen molar-refractivity contribution in [2.45, 2.75) is 52.7 Å². The Morgan fingerprint density at radius 1 is 1.47 bits per heavy atom. The molecule has 1 aliphatic carbocycles. The summed E-state index contributed by atoms with van der Waals surface area (Å²) in [5.41, 5.74) is 1.12. The fourth-order valence-electron chi connectivity index (χ4n) is 2.92. The Bertz CT molecular complexity index is 376. The van der Waals surface area contributed by atoms with E-state index < -0.39 is 0 Å². The van der Waals surface area contributed by atoms with Crippen LogP contribution in [0.3, 0.4) is 0 Å². The van der Waals surface area contributed by atoms with Gasteiger partial charge in [0.05, 0.1) is 18.1 Å². The first kappa shape index (κ1) is 12.6. The minimum atomic E-state index is -0.0924. The molecule has 1 unspecified atom stereocenters. The van der Waals surface area contributed by atoms with Crippen LogP contribution >= 0.6 is 0 Å². The molecule has 0 saturated carbocycles. The van der Waals surface area contributed by atoms with Crippen LogP contribution in [0.2, 0.25) is 0 Å². The molecule has 2 nitrogen and oxygen atoms in total. The van der Waals surface area contributed by atoms with Gasteiger partial charge in [0.1, 0.15) is 0 Å². The lowest BCUT2D eigenvalue weighted by Crippen LogP contribution is -2.36. The predicted molar refractivity (Wildman–Crippen MR) is 68.7 cm³/mol. The molecule has 0 bridgehead atoms. The Labute approximate surface area is 104 Å². The molecule has 17 heavy (non-hydrogen) atoms. The van der Waals surface area contributed by atoms with Crippen molar-refractivity contribution in [3.8, 4) is 0 Å².